The van der Waals surface area contributed by atoms with E-state index in [1.165, 1.54) is 4.90 Å². The molecular weight excluding hydrogens is 558 g/mol. The summed E-state index contributed by atoms with van der Waals surface area (Å²) in [5, 5.41) is 2.72. The zero-order valence-electron chi connectivity index (χ0n) is 25.4. The van der Waals surface area contributed by atoms with Crippen molar-refractivity contribution in [2.45, 2.75) is 51.6 Å². The van der Waals surface area contributed by atoms with E-state index in [4.69, 9.17) is 0 Å². The van der Waals surface area contributed by atoms with Crippen LogP contribution < -0.4 is 9.62 Å². The van der Waals surface area contributed by atoms with Gasteiger partial charge in [-0.1, -0.05) is 78.4 Å². The molecule has 0 saturated carbocycles. The Hall–Kier alpha value is -4.43. The Morgan fingerprint density at radius 3 is 1.98 bits per heavy atom. The highest BCUT2D eigenvalue weighted by Crippen LogP contribution is 2.27. The minimum Gasteiger partial charge on any atom is -0.357 e. The molecule has 0 aliphatic rings. The summed E-state index contributed by atoms with van der Waals surface area (Å²) in [6.07, 6.45) is 0.270. The first-order valence-electron chi connectivity index (χ1n) is 14.3. The summed E-state index contributed by atoms with van der Waals surface area (Å²) in [4.78, 5) is 29.4. The summed E-state index contributed by atoms with van der Waals surface area (Å²) < 4.78 is 29.5. The number of amides is 2. The monoisotopic (exact) mass is 597 g/mol. The maximum Gasteiger partial charge on any atom is 0.264 e. The lowest BCUT2D eigenvalue weighted by Crippen LogP contribution is -2.53. The SMILES string of the molecule is CNC(=O)[C@H](Cc1ccccc1)N(Cc1ccccc1C)C(=O)CN(c1cc(C)cc(C)c1)S(=O)(=O)c1ccc(C)cc1. The number of aryl methyl sites for hydroxylation is 4. The first-order valence-corrected chi connectivity index (χ1v) is 15.7. The zero-order valence-corrected chi connectivity index (χ0v) is 26.2. The molecule has 2 amide bonds. The summed E-state index contributed by atoms with van der Waals surface area (Å²) in [6, 6.07) is 28.4. The third-order valence-corrected chi connectivity index (χ3v) is 9.29. The molecule has 4 aromatic rings. The van der Waals surface area contributed by atoms with Gasteiger partial charge in [0, 0.05) is 20.0 Å². The van der Waals surface area contributed by atoms with Crippen molar-refractivity contribution in [3.05, 3.63) is 130 Å². The Kier molecular flexibility index (Phi) is 10.0. The molecule has 7 nitrogen and oxygen atoms in total. The van der Waals surface area contributed by atoms with Gasteiger partial charge in [-0.3, -0.25) is 13.9 Å². The molecule has 0 fully saturated rings. The van der Waals surface area contributed by atoms with Gasteiger partial charge in [-0.15, -0.1) is 0 Å². The molecule has 1 N–H and O–H groups in total. The molecule has 4 rings (SSSR count). The lowest BCUT2D eigenvalue weighted by Gasteiger charge is -2.34. The minimum atomic E-state index is -4.14. The fourth-order valence-electron chi connectivity index (χ4n) is 5.15. The van der Waals surface area contributed by atoms with Crippen LogP contribution in [-0.2, 0) is 32.6 Å². The van der Waals surface area contributed by atoms with Crippen molar-refractivity contribution in [2.24, 2.45) is 0 Å². The van der Waals surface area contributed by atoms with Crippen molar-refractivity contribution in [2.75, 3.05) is 17.9 Å². The van der Waals surface area contributed by atoms with E-state index in [0.29, 0.717) is 5.69 Å². The molecule has 0 heterocycles. The van der Waals surface area contributed by atoms with Crippen LogP contribution in [0.4, 0.5) is 5.69 Å². The Balaban J connectivity index is 1.82. The lowest BCUT2D eigenvalue weighted by molar-refractivity contribution is -0.139. The van der Waals surface area contributed by atoms with Crippen LogP contribution >= 0.6 is 0 Å². The maximum atomic E-state index is 14.4. The number of carbonyl (C=O) groups is 2. The molecule has 0 unspecified atom stereocenters. The Morgan fingerprint density at radius 2 is 1.37 bits per heavy atom. The number of anilines is 1. The topological polar surface area (TPSA) is 86.8 Å². The van der Waals surface area contributed by atoms with E-state index >= 15 is 0 Å². The van der Waals surface area contributed by atoms with Crippen molar-refractivity contribution in [1.82, 2.24) is 10.2 Å². The van der Waals surface area contributed by atoms with E-state index < -0.39 is 28.5 Å². The summed E-state index contributed by atoms with van der Waals surface area (Å²) in [6.45, 7) is 7.28. The molecule has 4 aromatic carbocycles. The van der Waals surface area contributed by atoms with Gasteiger partial charge in [0.1, 0.15) is 12.6 Å². The van der Waals surface area contributed by atoms with Crippen LogP contribution in [0, 0.1) is 27.7 Å². The van der Waals surface area contributed by atoms with Crippen molar-refractivity contribution in [1.29, 1.82) is 0 Å². The van der Waals surface area contributed by atoms with Gasteiger partial charge in [-0.25, -0.2) is 8.42 Å². The molecule has 0 aliphatic carbocycles. The number of benzene rings is 4. The number of likely N-dealkylation sites (N-methyl/N-ethyl adjacent to an activating group) is 1. The van der Waals surface area contributed by atoms with Crippen LogP contribution in [0.15, 0.2) is 102 Å². The van der Waals surface area contributed by atoms with Gasteiger partial charge in [0.2, 0.25) is 11.8 Å². The van der Waals surface area contributed by atoms with E-state index in [1.807, 2.05) is 88.4 Å². The van der Waals surface area contributed by atoms with Gasteiger partial charge in [-0.05, 0) is 79.8 Å². The molecule has 43 heavy (non-hydrogen) atoms. The van der Waals surface area contributed by atoms with Gasteiger partial charge < -0.3 is 10.2 Å². The number of carbonyl (C=O) groups excluding carboxylic acids is 2. The van der Waals surface area contributed by atoms with Crippen LogP contribution in [0.5, 0.6) is 0 Å². The minimum absolute atomic E-state index is 0.0858. The average molecular weight is 598 g/mol. The smallest absolute Gasteiger partial charge is 0.264 e. The normalized spacial score (nSPS) is 11.9. The number of nitrogens with zero attached hydrogens (tertiary/aromatic N) is 2. The van der Waals surface area contributed by atoms with E-state index in [2.05, 4.69) is 5.32 Å². The van der Waals surface area contributed by atoms with Crippen LogP contribution in [-0.4, -0.2) is 44.8 Å². The fourth-order valence-corrected chi connectivity index (χ4v) is 6.55. The number of sulfonamides is 1. The predicted octanol–water partition coefficient (Wildman–Crippen LogP) is 5.50. The van der Waals surface area contributed by atoms with Gasteiger partial charge in [0.15, 0.2) is 0 Å². The van der Waals surface area contributed by atoms with Gasteiger partial charge in [0.25, 0.3) is 10.0 Å². The van der Waals surface area contributed by atoms with Gasteiger partial charge in [0.05, 0.1) is 10.6 Å². The van der Waals surface area contributed by atoms with E-state index in [-0.39, 0.29) is 23.8 Å². The first kappa shape index (κ1) is 31.5. The molecule has 1 atom stereocenters. The second-order valence-corrected chi connectivity index (χ2v) is 12.8. The summed E-state index contributed by atoms with van der Waals surface area (Å²) in [7, 11) is -2.60. The molecule has 0 aromatic heterocycles. The largest absolute Gasteiger partial charge is 0.357 e. The Labute approximate surface area is 255 Å². The molecular formula is C35H39N3O4S. The van der Waals surface area contributed by atoms with Crippen molar-refractivity contribution in [3.63, 3.8) is 0 Å². The number of hydrogen-bond acceptors (Lipinski definition) is 4. The van der Waals surface area contributed by atoms with Crippen LogP contribution in [0.3, 0.4) is 0 Å². The highest BCUT2D eigenvalue weighted by Gasteiger charge is 2.34. The highest BCUT2D eigenvalue weighted by molar-refractivity contribution is 7.92. The molecule has 0 aliphatic heterocycles. The summed E-state index contributed by atoms with van der Waals surface area (Å²) >= 11 is 0. The second kappa shape index (κ2) is 13.7. The first-order chi connectivity index (χ1) is 20.5. The van der Waals surface area contributed by atoms with Crippen molar-refractivity contribution in [3.8, 4) is 0 Å². The zero-order chi connectivity index (χ0) is 31.1. The molecule has 0 radical (unpaired) electrons. The summed E-state index contributed by atoms with van der Waals surface area (Å²) in [5.74, 6) is -0.812. The molecule has 0 saturated heterocycles. The number of rotatable bonds is 11. The van der Waals surface area contributed by atoms with Gasteiger partial charge in [-0.2, -0.15) is 0 Å². The Bertz CT molecular complexity index is 1670. The molecule has 8 heteroatoms. The number of nitrogens with one attached hydrogen (secondary N) is 1. The lowest BCUT2D eigenvalue weighted by atomic mass is 10.0. The third kappa shape index (κ3) is 7.70. The second-order valence-electron chi connectivity index (χ2n) is 10.9. The number of hydrogen-bond donors (Lipinski definition) is 1. The van der Waals surface area contributed by atoms with Crippen molar-refractivity contribution < 1.29 is 18.0 Å². The average Bonchev–Trinajstić information content (AvgIpc) is 2.98. The van der Waals surface area contributed by atoms with Crippen molar-refractivity contribution >= 4 is 27.5 Å². The maximum absolute atomic E-state index is 14.4. The van der Waals surface area contributed by atoms with E-state index in [1.54, 1.807) is 43.4 Å². The molecule has 0 spiro atoms. The summed E-state index contributed by atoms with van der Waals surface area (Å²) in [5.41, 5.74) is 5.78. The quantitative estimate of drug-likeness (QED) is 0.247. The predicted molar refractivity (Wildman–Crippen MR) is 171 cm³/mol. The molecule has 224 valence electrons. The standard InChI is InChI=1S/C35H39N3O4S/c1-25-15-17-32(18-16-25)43(41,42)38(31-20-26(2)19-27(3)21-31)24-34(39)37(23-30-14-10-9-11-28(30)4)33(35(40)36-5)22-29-12-7-6-8-13-29/h6-21,33H,22-24H2,1-5H3,(H,36,40)/t33-/m0/s1. The fraction of sp³-hybridized carbons (Fsp3) is 0.257. The molecule has 0 bridgehead atoms. The van der Waals surface area contributed by atoms with Crippen LogP contribution in [0.1, 0.15) is 33.4 Å². The van der Waals surface area contributed by atoms with E-state index in [0.717, 1.165) is 37.7 Å². The van der Waals surface area contributed by atoms with Gasteiger partial charge >= 0.3 is 0 Å². The van der Waals surface area contributed by atoms with Crippen LogP contribution in [0.2, 0.25) is 0 Å². The third-order valence-electron chi connectivity index (χ3n) is 7.50. The Morgan fingerprint density at radius 1 is 0.767 bits per heavy atom. The highest BCUT2D eigenvalue weighted by atomic mass is 32.2. The van der Waals surface area contributed by atoms with Crippen LogP contribution in [0.25, 0.3) is 0 Å². The van der Waals surface area contributed by atoms with E-state index in [9.17, 15) is 18.0 Å².